The lowest BCUT2D eigenvalue weighted by atomic mass is 10.2. The van der Waals surface area contributed by atoms with Crippen molar-refractivity contribution in [3.63, 3.8) is 0 Å². The van der Waals surface area contributed by atoms with E-state index in [4.69, 9.17) is 11.1 Å². The molecule has 0 aliphatic heterocycles. The third-order valence-corrected chi connectivity index (χ3v) is 5.15. The van der Waals surface area contributed by atoms with Gasteiger partial charge in [0, 0.05) is 12.1 Å². The third kappa shape index (κ3) is 5.47. The van der Waals surface area contributed by atoms with Gasteiger partial charge in [0.1, 0.15) is 5.84 Å². The molecule has 1 aromatic carbocycles. The molecule has 0 aliphatic rings. The van der Waals surface area contributed by atoms with Crippen LogP contribution in [0.15, 0.2) is 29.2 Å². The summed E-state index contributed by atoms with van der Waals surface area (Å²) in [5.41, 5.74) is 5.84. The molecular weight excluding hydrogens is 286 g/mol. The number of benzene rings is 1. The summed E-state index contributed by atoms with van der Waals surface area (Å²) in [6.45, 7) is 6.47. The average molecular weight is 311 g/mol. The van der Waals surface area contributed by atoms with Crippen molar-refractivity contribution in [3.05, 3.63) is 29.8 Å². The van der Waals surface area contributed by atoms with Crippen molar-refractivity contribution < 1.29 is 8.42 Å². The summed E-state index contributed by atoms with van der Waals surface area (Å²) in [4.78, 5) is 2.39. The van der Waals surface area contributed by atoms with E-state index in [2.05, 4.69) is 11.8 Å². The van der Waals surface area contributed by atoms with E-state index < -0.39 is 9.84 Å². The number of hydrogen-bond acceptors (Lipinski definition) is 4. The van der Waals surface area contributed by atoms with Crippen LogP contribution in [0.1, 0.15) is 32.3 Å². The van der Waals surface area contributed by atoms with Crippen molar-refractivity contribution in [2.24, 2.45) is 5.73 Å². The van der Waals surface area contributed by atoms with Gasteiger partial charge in [0.05, 0.1) is 10.6 Å². The zero-order valence-electron chi connectivity index (χ0n) is 12.8. The van der Waals surface area contributed by atoms with E-state index in [9.17, 15) is 8.42 Å². The average Bonchev–Trinajstić information content (AvgIpc) is 2.47. The molecule has 0 radical (unpaired) electrons. The van der Waals surface area contributed by atoms with Gasteiger partial charge in [-0.15, -0.1) is 0 Å². The van der Waals surface area contributed by atoms with E-state index in [-0.39, 0.29) is 16.5 Å². The van der Waals surface area contributed by atoms with Gasteiger partial charge in [-0.3, -0.25) is 5.41 Å². The molecule has 1 aromatic rings. The molecule has 0 heterocycles. The number of nitrogens with one attached hydrogen (secondary N) is 1. The Bertz CT molecular complexity index is 570. The first-order valence-electron chi connectivity index (χ1n) is 7.30. The molecule has 0 saturated heterocycles. The fourth-order valence-corrected chi connectivity index (χ4v) is 3.36. The molecule has 0 unspecified atom stereocenters. The van der Waals surface area contributed by atoms with Crippen LogP contribution in [0.3, 0.4) is 0 Å². The normalized spacial score (nSPS) is 11.8. The SMILES string of the molecule is CCCCN(CC)CCS(=O)(=O)c1cccc(C(=N)N)c1. The maximum Gasteiger partial charge on any atom is 0.179 e. The number of hydrogen-bond donors (Lipinski definition) is 2. The molecule has 21 heavy (non-hydrogen) atoms. The van der Waals surface area contributed by atoms with Gasteiger partial charge in [0.2, 0.25) is 0 Å². The van der Waals surface area contributed by atoms with Gasteiger partial charge in [0.15, 0.2) is 9.84 Å². The Hall–Kier alpha value is -1.40. The van der Waals surface area contributed by atoms with E-state index in [0.717, 1.165) is 25.9 Å². The zero-order chi connectivity index (χ0) is 15.9. The lowest BCUT2D eigenvalue weighted by molar-refractivity contribution is 0.299. The van der Waals surface area contributed by atoms with Crippen LogP contribution in [0.5, 0.6) is 0 Å². The maximum atomic E-state index is 12.4. The highest BCUT2D eigenvalue weighted by atomic mass is 32.2. The summed E-state index contributed by atoms with van der Waals surface area (Å²) in [6.07, 6.45) is 2.18. The largest absolute Gasteiger partial charge is 0.384 e. The second kappa shape index (κ2) is 8.14. The summed E-state index contributed by atoms with van der Waals surface area (Å²) in [5, 5.41) is 7.39. The molecule has 118 valence electrons. The Balaban J connectivity index is 2.77. The van der Waals surface area contributed by atoms with Crippen molar-refractivity contribution >= 4 is 15.7 Å². The molecule has 1 rings (SSSR count). The number of nitrogen functional groups attached to an aromatic ring is 1. The Morgan fingerprint density at radius 1 is 1.29 bits per heavy atom. The van der Waals surface area contributed by atoms with Gasteiger partial charge in [-0.25, -0.2) is 8.42 Å². The first-order valence-corrected chi connectivity index (χ1v) is 8.95. The molecule has 0 fully saturated rings. The molecule has 6 heteroatoms. The molecule has 3 N–H and O–H groups in total. The molecule has 0 spiro atoms. The summed E-state index contributed by atoms with van der Waals surface area (Å²) in [5.74, 6) is -0.0310. The molecule has 5 nitrogen and oxygen atoms in total. The van der Waals surface area contributed by atoms with Crippen LogP contribution in [0.4, 0.5) is 0 Å². The predicted molar refractivity (Wildman–Crippen MR) is 86.5 cm³/mol. The summed E-state index contributed by atoms with van der Waals surface area (Å²) >= 11 is 0. The van der Waals surface area contributed by atoms with Gasteiger partial charge in [-0.1, -0.05) is 32.4 Å². The van der Waals surface area contributed by atoms with Gasteiger partial charge in [-0.05, 0) is 31.6 Å². The number of amidine groups is 1. The highest BCUT2D eigenvalue weighted by molar-refractivity contribution is 7.91. The number of sulfone groups is 1. The lowest BCUT2D eigenvalue weighted by Gasteiger charge is -2.19. The maximum absolute atomic E-state index is 12.4. The standard InChI is InChI=1S/C15H25N3O2S/c1-3-5-9-18(4-2)10-11-21(19,20)14-8-6-7-13(12-14)15(16)17/h6-8,12H,3-5,9-11H2,1-2H3,(H3,16,17). The summed E-state index contributed by atoms with van der Waals surface area (Å²) in [7, 11) is -3.34. The van der Waals surface area contributed by atoms with E-state index in [1.54, 1.807) is 18.2 Å². The number of rotatable bonds is 9. The van der Waals surface area contributed by atoms with E-state index >= 15 is 0 Å². The highest BCUT2D eigenvalue weighted by Crippen LogP contribution is 2.13. The molecule has 0 amide bonds. The number of nitrogens with two attached hydrogens (primary N) is 1. The zero-order valence-corrected chi connectivity index (χ0v) is 13.6. The van der Waals surface area contributed by atoms with E-state index in [1.165, 1.54) is 6.07 Å². The Morgan fingerprint density at radius 2 is 2.00 bits per heavy atom. The molecule has 0 atom stereocenters. The molecule has 0 saturated carbocycles. The Labute approximate surface area is 127 Å². The second-order valence-electron chi connectivity index (χ2n) is 5.05. The first-order chi connectivity index (χ1) is 9.90. The number of nitrogens with zero attached hydrogens (tertiary/aromatic N) is 1. The van der Waals surface area contributed by atoms with Crippen LogP contribution in [0.2, 0.25) is 0 Å². The van der Waals surface area contributed by atoms with Crippen LogP contribution in [-0.2, 0) is 9.84 Å². The third-order valence-electron chi connectivity index (χ3n) is 3.46. The van der Waals surface area contributed by atoms with Crippen LogP contribution in [-0.4, -0.2) is 44.5 Å². The van der Waals surface area contributed by atoms with Crippen LogP contribution >= 0.6 is 0 Å². The quantitative estimate of drug-likeness (QED) is 0.538. The van der Waals surface area contributed by atoms with Crippen molar-refractivity contribution in [2.45, 2.75) is 31.6 Å². The van der Waals surface area contributed by atoms with Gasteiger partial charge < -0.3 is 10.6 Å². The smallest absolute Gasteiger partial charge is 0.179 e. The summed E-state index contributed by atoms with van der Waals surface area (Å²) in [6, 6.07) is 6.29. The van der Waals surface area contributed by atoms with E-state index in [1.807, 2.05) is 6.92 Å². The highest BCUT2D eigenvalue weighted by Gasteiger charge is 2.16. The predicted octanol–water partition coefficient (Wildman–Crippen LogP) is 1.87. The molecule has 0 aromatic heterocycles. The number of unbranched alkanes of at least 4 members (excludes halogenated alkanes) is 1. The van der Waals surface area contributed by atoms with Crippen LogP contribution in [0.25, 0.3) is 0 Å². The fourth-order valence-electron chi connectivity index (χ4n) is 2.03. The first kappa shape index (κ1) is 17.7. The Kier molecular flexibility index (Phi) is 6.84. The van der Waals surface area contributed by atoms with Crippen LogP contribution < -0.4 is 5.73 Å². The monoisotopic (exact) mass is 311 g/mol. The topological polar surface area (TPSA) is 87.2 Å². The second-order valence-corrected chi connectivity index (χ2v) is 7.16. The Morgan fingerprint density at radius 3 is 2.57 bits per heavy atom. The minimum atomic E-state index is -3.34. The van der Waals surface area contributed by atoms with Gasteiger partial charge in [0.25, 0.3) is 0 Å². The molecule has 0 bridgehead atoms. The van der Waals surface area contributed by atoms with Crippen molar-refractivity contribution in [2.75, 3.05) is 25.4 Å². The molecular formula is C15H25N3O2S. The van der Waals surface area contributed by atoms with Crippen molar-refractivity contribution in [1.29, 1.82) is 5.41 Å². The fraction of sp³-hybridized carbons (Fsp3) is 0.533. The van der Waals surface area contributed by atoms with Gasteiger partial charge >= 0.3 is 0 Å². The van der Waals surface area contributed by atoms with E-state index in [0.29, 0.717) is 12.1 Å². The van der Waals surface area contributed by atoms with Crippen LogP contribution in [0, 0.1) is 5.41 Å². The minimum Gasteiger partial charge on any atom is -0.384 e. The summed E-state index contributed by atoms with van der Waals surface area (Å²) < 4.78 is 24.7. The van der Waals surface area contributed by atoms with Gasteiger partial charge in [-0.2, -0.15) is 0 Å². The lowest BCUT2D eigenvalue weighted by Crippen LogP contribution is -2.30. The van der Waals surface area contributed by atoms with Crippen molar-refractivity contribution in [1.82, 2.24) is 4.90 Å². The van der Waals surface area contributed by atoms with Crippen molar-refractivity contribution in [3.8, 4) is 0 Å². The molecule has 0 aliphatic carbocycles. The minimum absolute atomic E-state index is 0.0892.